The molecule has 28 heavy (non-hydrogen) atoms. The zero-order chi connectivity index (χ0) is 20.3. The second-order valence-electron chi connectivity index (χ2n) is 10.6. The number of hydrogen-bond donors (Lipinski definition) is 1. The zero-order valence-corrected chi connectivity index (χ0v) is 18.3. The Morgan fingerprint density at radius 2 is 1.82 bits per heavy atom. The lowest BCUT2D eigenvalue weighted by Gasteiger charge is -2.62. The molecule has 158 valence electrons. The highest BCUT2D eigenvalue weighted by molar-refractivity contribution is 5.77. The molecule has 1 saturated heterocycles. The lowest BCUT2D eigenvalue weighted by Crippen LogP contribution is -2.61. The third-order valence-electron chi connectivity index (χ3n) is 9.69. The number of carbonyl (C=O) groups excluding carboxylic acids is 2. The Morgan fingerprint density at radius 1 is 1.11 bits per heavy atom. The number of nitrogens with one attached hydrogen (secondary N) is 1. The van der Waals surface area contributed by atoms with Gasteiger partial charge in [0, 0.05) is 32.5 Å². The lowest BCUT2D eigenvalue weighted by molar-refractivity contribution is -0.159. The van der Waals surface area contributed by atoms with Crippen molar-refractivity contribution in [2.75, 3.05) is 14.1 Å². The first kappa shape index (κ1) is 20.0. The van der Waals surface area contributed by atoms with E-state index in [0.29, 0.717) is 24.3 Å². The minimum Gasteiger partial charge on any atom is -0.446 e. The Balaban J connectivity index is 1.55. The predicted octanol–water partition coefficient (Wildman–Crippen LogP) is 4.21. The third kappa shape index (κ3) is 2.79. The summed E-state index contributed by atoms with van der Waals surface area (Å²) in [5.74, 6) is 3.01. The largest absolute Gasteiger partial charge is 0.446 e. The van der Waals surface area contributed by atoms with Gasteiger partial charge in [0.2, 0.25) is 5.91 Å². The van der Waals surface area contributed by atoms with Crippen LogP contribution in [0.1, 0.15) is 72.1 Å². The molecule has 0 bridgehead atoms. The van der Waals surface area contributed by atoms with Gasteiger partial charge in [0.15, 0.2) is 0 Å². The summed E-state index contributed by atoms with van der Waals surface area (Å²) in [6.07, 6.45) is 8.76. The molecule has 5 heteroatoms. The van der Waals surface area contributed by atoms with Gasteiger partial charge in [-0.1, -0.05) is 13.8 Å². The minimum atomic E-state index is -0.309. The van der Waals surface area contributed by atoms with Gasteiger partial charge in [0.1, 0.15) is 6.10 Å². The number of piperidine rings is 1. The highest BCUT2D eigenvalue weighted by Crippen LogP contribution is 2.66. The van der Waals surface area contributed by atoms with Crippen LogP contribution < -0.4 is 5.32 Å². The van der Waals surface area contributed by atoms with E-state index >= 15 is 0 Å². The molecule has 4 rings (SSSR count). The van der Waals surface area contributed by atoms with Crippen LogP contribution in [-0.4, -0.2) is 43.1 Å². The van der Waals surface area contributed by atoms with E-state index in [1.807, 2.05) is 7.05 Å². The van der Waals surface area contributed by atoms with Crippen molar-refractivity contribution in [3.05, 3.63) is 0 Å². The van der Waals surface area contributed by atoms with Gasteiger partial charge in [-0.25, -0.2) is 4.79 Å². The van der Waals surface area contributed by atoms with E-state index in [1.165, 1.54) is 32.1 Å². The van der Waals surface area contributed by atoms with Crippen molar-refractivity contribution >= 4 is 12.0 Å². The van der Waals surface area contributed by atoms with E-state index < -0.39 is 0 Å². The quantitative estimate of drug-likeness (QED) is 0.768. The molecule has 0 aromatic rings. The van der Waals surface area contributed by atoms with Crippen molar-refractivity contribution < 1.29 is 14.3 Å². The van der Waals surface area contributed by atoms with Gasteiger partial charge in [-0.05, 0) is 80.5 Å². The van der Waals surface area contributed by atoms with E-state index in [-0.39, 0.29) is 23.0 Å². The van der Waals surface area contributed by atoms with Crippen molar-refractivity contribution in [2.45, 2.75) is 84.3 Å². The monoisotopic (exact) mass is 390 g/mol. The van der Waals surface area contributed by atoms with E-state index in [9.17, 15) is 9.59 Å². The molecule has 8 atom stereocenters. The third-order valence-corrected chi connectivity index (χ3v) is 9.69. The molecule has 3 aliphatic carbocycles. The van der Waals surface area contributed by atoms with Crippen LogP contribution in [0.2, 0.25) is 0 Å². The lowest BCUT2D eigenvalue weighted by atomic mass is 9.46. The molecule has 1 aliphatic heterocycles. The van der Waals surface area contributed by atoms with Gasteiger partial charge in [-0.2, -0.15) is 0 Å². The van der Waals surface area contributed by atoms with Gasteiger partial charge in [-0.3, -0.25) is 4.79 Å². The van der Waals surface area contributed by atoms with Crippen LogP contribution in [0.3, 0.4) is 0 Å². The van der Waals surface area contributed by atoms with Crippen molar-refractivity contribution in [1.29, 1.82) is 0 Å². The molecular formula is C23H38N2O3. The smallest absolute Gasteiger partial charge is 0.407 e. The summed E-state index contributed by atoms with van der Waals surface area (Å²) in [4.78, 5) is 26.1. The Hall–Kier alpha value is -1.26. The molecule has 2 amide bonds. The van der Waals surface area contributed by atoms with Crippen LogP contribution in [0, 0.1) is 34.5 Å². The average molecular weight is 391 g/mol. The van der Waals surface area contributed by atoms with Gasteiger partial charge >= 0.3 is 6.09 Å². The summed E-state index contributed by atoms with van der Waals surface area (Å²) in [6, 6.07) is 0.423. The second kappa shape index (κ2) is 6.91. The average Bonchev–Trinajstić information content (AvgIpc) is 3.02. The van der Waals surface area contributed by atoms with Crippen molar-refractivity contribution in [3.8, 4) is 0 Å². The molecule has 3 saturated carbocycles. The fraction of sp³-hybridized carbons (Fsp3) is 0.913. The van der Waals surface area contributed by atoms with Gasteiger partial charge in [0.05, 0.1) is 0 Å². The molecule has 1 heterocycles. The highest BCUT2D eigenvalue weighted by Gasteiger charge is 2.61. The molecular weight excluding hydrogens is 352 g/mol. The summed E-state index contributed by atoms with van der Waals surface area (Å²) >= 11 is 0. The first-order chi connectivity index (χ1) is 13.2. The number of rotatable bonds is 2. The standard InChI is InChI=1S/C23H38N2O3/c1-14(28-21(27)24-4)16-7-8-17-15-6-9-19-23(3,13-11-20(26)25(19)5)18(15)10-12-22(16,17)2/h14-19H,6-13H2,1-5H3,(H,24,27)/t14?,15-,16+,17-,18-,19+,22+,23+/m0/s1. The number of likely N-dealkylation sites (tertiary alicyclic amines) is 1. The van der Waals surface area contributed by atoms with Crippen LogP contribution in [0.4, 0.5) is 4.79 Å². The number of ether oxygens (including phenoxy) is 1. The van der Waals surface area contributed by atoms with Crippen LogP contribution in [0.5, 0.6) is 0 Å². The fourth-order valence-corrected chi connectivity index (χ4v) is 8.27. The SMILES string of the molecule is CNC(=O)OC(C)[C@H]1CC[C@H]2[C@@H]3CC[C@H]4N(C)C(=O)CC[C@]4(C)[C@H]3CC[C@]12C. The number of fused-ring (bicyclic) bond motifs is 5. The molecule has 4 aliphatic rings. The summed E-state index contributed by atoms with van der Waals surface area (Å²) in [5.41, 5.74) is 0.545. The van der Waals surface area contributed by atoms with Crippen molar-refractivity contribution in [2.24, 2.45) is 34.5 Å². The number of carbonyl (C=O) groups is 2. The number of hydrogen-bond acceptors (Lipinski definition) is 3. The van der Waals surface area contributed by atoms with Crippen LogP contribution in [0.25, 0.3) is 0 Å². The maximum atomic E-state index is 12.3. The molecule has 5 nitrogen and oxygen atoms in total. The van der Waals surface area contributed by atoms with Crippen LogP contribution in [0.15, 0.2) is 0 Å². The Labute approximate surface area is 169 Å². The van der Waals surface area contributed by atoms with E-state index in [1.54, 1.807) is 7.05 Å². The summed E-state index contributed by atoms with van der Waals surface area (Å²) in [6.45, 7) is 7.03. The minimum absolute atomic E-state index is 0.0307. The predicted molar refractivity (Wildman–Crippen MR) is 109 cm³/mol. The van der Waals surface area contributed by atoms with E-state index in [4.69, 9.17) is 4.74 Å². The number of nitrogens with zero attached hydrogens (tertiary/aromatic N) is 1. The summed E-state index contributed by atoms with van der Waals surface area (Å²) in [5, 5.41) is 2.60. The molecule has 4 fully saturated rings. The van der Waals surface area contributed by atoms with Crippen molar-refractivity contribution in [3.63, 3.8) is 0 Å². The normalized spacial score (nSPS) is 46.2. The first-order valence-electron chi connectivity index (χ1n) is 11.4. The maximum absolute atomic E-state index is 12.3. The Kier molecular flexibility index (Phi) is 4.95. The maximum Gasteiger partial charge on any atom is 0.407 e. The topological polar surface area (TPSA) is 58.6 Å². The van der Waals surface area contributed by atoms with E-state index in [0.717, 1.165) is 30.6 Å². The van der Waals surface area contributed by atoms with Crippen molar-refractivity contribution in [1.82, 2.24) is 10.2 Å². The summed E-state index contributed by atoms with van der Waals surface area (Å²) < 4.78 is 5.67. The first-order valence-corrected chi connectivity index (χ1v) is 11.4. The molecule has 0 aromatic heterocycles. The van der Waals surface area contributed by atoms with Gasteiger partial charge in [-0.15, -0.1) is 0 Å². The molecule has 0 spiro atoms. The fourth-order valence-electron chi connectivity index (χ4n) is 8.27. The molecule has 1 N–H and O–H groups in total. The van der Waals surface area contributed by atoms with Gasteiger partial charge < -0.3 is 15.0 Å². The number of alkyl carbamates (subject to hydrolysis) is 1. The number of amides is 2. The molecule has 0 radical (unpaired) electrons. The zero-order valence-electron chi connectivity index (χ0n) is 18.3. The van der Waals surface area contributed by atoms with E-state index in [2.05, 4.69) is 31.0 Å². The van der Waals surface area contributed by atoms with Crippen LogP contribution >= 0.6 is 0 Å². The molecule has 1 unspecified atom stereocenters. The Morgan fingerprint density at radius 3 is 2.54 bits per heavy atom. The molecule has 0 aromatic carbocycles. The Bertz CT molecular complexity index is 652. The second-order valence-corrected chi connectivity index (χ2v) is 10.6. The van der Waals surface area contributed by atoms with Gasteiger partial charge in [0.25, 0.3) is 0 Å². The highest BCUT2D eigenvalue weighted by atomic mass is 16.6. The summed E-state index contributed by atoms with van der Waals surface area (Å²) in [7, 11) is 3.66. The van der Waals surface area contributed by atoms with Crippen LogP contribution in [-0.2, 0) is 9.53 Å².